The summed E-state index contributed by atoms with van der Waals surface area (Å²) >= 11 is 1.20. The highest BCUT2D eigenvalue weighted by Gasteiger charge is 2.20. The van der Waals surface area contributed by atoms with Crippen LogP contribution in [0.25, 0.3) is 0 Å². The zero-order valence-corrected chi connectivity index (χ0v) is 17.2. The number of carbonyl (C=O) groups is 1. The largest absolute Gasteiger partial charge is 0.497 e. The van der Waals surface area contributed by atoms with Gasteiger partial charge in [-0.3, -0.25) is 4.79 Å². The van der Waals surface area contributed by atoms with Gasteiger partial charge in [0.15, 0.2) is 0 Å². The number of thioether (sulfide) groups is 1. The smallest absolute Gasteiger partial charge is 0.277 e. The number of aromatic nitrogens is 2. The van der Waals surface area contributed by atoms with E-state index in [1.807, 2.05) is 31.2 Å². The van der Waals surface area contributed by atoms with Crippen LogP contribution < -0.4 is 10.1 Å². The van der Waals surface area contributed by atoms with Crippen LogP contribution in [-0.4, -0.2) is 28.5 Å². The highest BCUT2D eigenvalue weighted by molar-refractivity contribution is 8.00. The first-order valence-electron chi connectivity index (χ1n) is 9.12. The van der Waals surface area contributed by atoms with Crippen LogP contribution in [0.1, 0.15) is 36.9 Å². The molecule has 6 nitrogen and oxygen atoms in total. The van der Waals surface area contributed by atoms with Gasteiger partial charge >= 0.3 is 0 Å². The van der Waals surface area contributed by atoms with Crippen molar-refractivity contribution in [3.8, 4) is 5.75 Å². The van der Waals surface area contributed by atoms with E-state index in [-0.39, 0.29) is 17.8 Å². The molecule has 3 rings (SSSR count). The predicted octanol–water partition coefficient (Wildman–Crippen LogP) is 4.17. The Morgan fingerprint density at radius 3 is 2.48 bits per heavy atom. The van der Waals surface area contributed by atoms with Gasteiger partial charge in [-0.2, -0.15) is 0 Å². The maximum Gasteiger partial charge on any atom is 0.277 e. The molecule has 0 spiro atoms. The minimum absolute atomic E-state index is 0.165. The van der Waals surface area contributed by atoms with Crippen LogP contribution in [0.5, 0.6) is 5.75 Å². The van der Waals surface area contributed by atoms with E-state index >= 15 is 0 Å². The van der Waals surface area contributed by atoms with E-state index in [4.69, 9.17) is 9.15 Å². The lowest BCUT2D eigenvalue weighted by atomic mass is 10.1. The van der Waals surface area contributed by atoms with Crippen LogP contribution in [0.2, 0.25) is 0 Å². The number of rotatable bonds is 8. The first-order chi connectivity index (χ1) is 13.9. The topological polar surface area (TPSA) is 77.2 Å². The molecule has 0 saturated heterocycles. The average Bonchev–Trinajstić information content (AvgIpc) is 3.15. The van der Waals surface area contributed by atoms with E-state index < -0.39 is 5.25 Å². The van der Waals surface area contributed by atoms with E-state index in [0.29, 0.717) is 17.5 Å². The molecule has 0 aliphatic carbocycles. The molecule has 152 valence electrons. The third kappa shape index (κ3) is 5.80. The van der Waals surface area contributed by atoms with Crippen LogP contribution in [0.4, 0.5) is 4.39 Å². The molecule has 1 aromatic heterocycles. The SMILES string of the molecule is COc1ccc(Cc2nnc(S[C@H](C)C(=O)N[C@@H](C)c3ccc(F)cc3)o2)cc1. The number of methoxy groups -OCH3 is 1. The summed E-state index contributed by atoms with van der Waals surface area (Å²) in [7, 11) is 1.62. The third-order valence-electron chi connectivity index (χ3n) is 4.34. The quantitative estimate of drug-likeness (QED) is 0.557. The summed E-state index contributed by atoms with van der Waals surface area (Å²) in [5, 5.41) is 10.9. The first kappa shape index (κ1) is 20.9. The lowest BCUT2D eigenvalue weighted by Gasteiger charge is -2.16. The highest BCUT2D eigenvalue weighted by Crippen LogP contribution is 2.24. The van der Waals surface area contributed by atoms with Crippen LogP contribution in [-0.2, 0) is 11.2 Å². The Labute approximate surface area is 172 Å². The molecular weight excluding hydrogens is 393 g/mol. The van der Waals surface area contributed by atoms with Gasteiger partial charge in [0.05, 0.1) is 24.8 Å². The van der Waals surface area contributed by atoms with Crippen molar-refractivity contribution >= 4 is 17.7 Å². The Hall–Kier alpha value is -2.87. The van der Waals surface area contributed by atoms with Crippen molar-refractivity contribution in [3.05, 3.63) is 71.4 Å². The number of nitrogens with zero attached hydrogens (tertiary/aromatic N) is 2. The summed E-state index contributed by atoms with van der Waals surface area (Å²) in [6, 6.07) is 13.4. The fraction of sp³-hybridized carbons (Fsp3) is 0.286. The summed E-state index contributed by atoms with van der Waals surface area (Å²) in [5.74, 6) is 0.787. The Kier molecular flexibility index (Phi) is 6.87. The second-order valence-corrected chi connectivity index (χ2v) is 7.82. The van der Waals surface area contributed by atoms with E-state index in [9.17, 15) is 9.18 Å². The number of hydrogen-bond acceptors (Lipinski definition) is 6. The van der Waals surface area contributed by atoms with Gasteiger partial charge < -0.3 is 14.5 Å². The lowest BCUT2D eigenvalue weighted by molar-refractivity contribution is -0.120. The Balaban J connectivity index is 1.53. The second-order valence-electron chi connectivity index (χ2n) is 6.53. The first-order valence-corrected chi connectivity index (χ1v) is 10.0. The number of nitrogens with one attached hydrogen (secondary N) is 1. The number of carbonyl (C=O) groups excluding carboxylic acids is 1. The minimum Gasteiger partial charge on any atom is -0.497 e. The van der Waals surface area contributed by atoms with Crippen LogP contribution >= 0.6 is 11.8 Å². The molecule has 0 unspecified atom stereocenters. The van der Waals surface area contributed by atoms with Crippen molar-refractivity contribution in [1.29, 1.82) is 0 Å². The third-order valence-corrected chi connectivity index (χ3v) is 5.27. The van der Waals surface area contributed by atoms with Gasteiger partial charge in [0.2, 0.25) is 11.8 Å². The molecule has 3 aromatic rings. The number of halogens is 1. The summed E-state index contributed by atoms with van der Waals surface area (Å²) < 4.78 is 23.8. The standard InChI is InChI=1S/C21H22FN3O3S/c1-13(16-6-8-17(22)9-7-16)23-20(26)14(2)29-21-25-24-19(28-21)12-15-4-10-18(27-3)11-5-15/h4-11,13-14H,12H2,1-3H3,(H,23,26)/t13-,14+/m0/s1. The van der Waals surface area contributed by atoms with Gasteiger partial charge in [-0.1, -0.05) is 36.0 Å². The predicted molar refractivity (Wildman–Crippen MR) is 108 cm³/mol. The van der Waals surface area contributed by atoms with Crippen molar-refractivity contribution in [2.24, 2.45) is 0 Å². The molecule has 1 heterocycles. The molecule has 0 fully saturated rings. The normalized spacial score (nSPS) is 13.0. The number of amides is 1. The van der Waals surface area contributed by atoms with Gasteiger partial charge in [0.25, 0.3) is 5.22 Å². The number of ether oxygens (including phenoxy) is 1. The molecule has 1 N–H and O–H groups in total. The van der Waals surface area contributed by atoms with Gasteiger partial charge in [-0.25, -0.2) is 4.39 Å². The zero-order chi connectivity index (χ0) is 20.8. The molecule has 0 bridgehead atoms. The van der Waals surface area contributed by atoms with Gasteiger partial charge in [-0.05, 0) is 49.2 Å². The molecule has 29 heavy (non-hydrogen) atoms. The minimum atomic E-state index is -0.424. The molecule has 8 heteroatoms. The van der Waals surface area contributed by atoms with E-state index in [1.165, 1.54) is 23.9 Å². The highest BCUT2D eigenvalue weighted by atomic mass is 32.2. The van der Waals surface area contributed by atoms with E-state index in [1.54, 1.807) is 26.2 Å². The summed E-state index contributed by atoms with van der Waals surface area (Å²) in [6.07, 6.45) is 0.500. The fourth-order valence-electron chi connectivity index (χ4n) is 2.65. The lowest BCUT2D eigenvalue weighted by Crippen LogP contribution is -2.33. The average molecular weight is 415 g/mol. The van der Waals surface area contributed by atoms with Crippen LogP contribution in [0.15, 0.2) is 58.2 Å². The second kappa shape index (κ2) is 9.56. The molecule has 0 saturated carbocycles. The van der Waals surface area contributed by atoms with Crippen molar-refractivity contribution in [2.75, 3.05) is 7.11 Å². The Bertz CT molecular complexity index is 945. The summed E-state index contributed by atoms with van der Waals surface area (Å²) in [5.41, 5.74) is 1.85. The monoisotopic (exact) mass is 415 g/mol. The molecule has 2 aromatic carbocycles. The fourth-order valence-corrected chi connectivity index (χ4v) is 3.36. The van der Waals surface area contributed by atoms with E-state index in [0.717, 1.165) is 16.9 Å². The van der Waals surface area contributed by atoms with Crippen LogP contribution in [0.3, 0.4) is 0 Å². The molecular formula is C21H22FN3O3S. The zero-order valence-electron chi connectivity index (χ0n) is 16.4. The van der Waals surface area contributed by atoms with Crippen molar-refractivity contribution in [1.82, 2.24) is 15.5 Å². The Morgan fingerprint density at radius 2 is 1.83 bits per heavy atom. The summed E-state index contributed by atoms with van der Waals surface area (Å²) in [4.78, 5) is 12.4. The number of hydrogen-bond donors (Lipinski definition) is 1. The van der Waals surface area contributed by atoms with Crippen LogP contribution in [0, 0.1) is 5.82 Å². The van der Waals surface area contributed by atoms with Crippen molar-refractivity contribution < 1.29 is 18.3 Å². The van der Waals surface area contributed by atoms with Crippen molar-refractivity contribution in [3.63, 3.8) is 0 Å². The van der Waals surface area contributed by atoms with Gasteiger partial charge in [0, 0.05) is 0 Å². The number of benzene rings is 2. The van der Waals surface area contributed by atoms with E-state index in [2.05, 4.69) is 15.5 Å². The maximum atomic E-state index is 13.0. The summed E-state index contributed by atoms with van der Waals surface area (Å²) in [6.45, 7) is 3.62. The molecule has 0 aliphatic rings. The molecule has 0 aliphatic heterocycles. The molecule has 1 amide bonds. The Morgan fingerprint density at radius 1 is 1.14 bits per heavy atom. The van der Waals surface area contributed by atoms with Gasteiger partial charge in [0.1, 0.15) is 11.6 Å². The molecule has 0 radical (unpaired) electrons. The van der Waals surface area contributed by atoms with Gasteiger partial charge in [-0.15, -0.1) is 10.2 Å². The molecule has 2 atom stereocenters. The maximum absolute atomic E-state index is 13.0. The van der Waals surface area contributed by atoms with Crippen molar-refractivity contribution in [2.45, 2.75) is 36.8 Å².